The molecular weight excluding hydrogens is 625 g/mol. The fourth-order valence-corrected chi connectivity index (χ4v) is 9.58. The van der Waals surface area contributed by atoms with E-state index in [0.29, 0.717) is 55.2 Å². The quantitative estimate of drug-likeness (QED) is 0.316. The molecule has 0 bridgehead atoms. The Bertz CT molecular complexity index is 1660. The number of carbonyl (C=O) groups excluding carboxylic acids is 1. The van der Waals surface area contributed by atoms with Crippen LogP contribution in [-0.4, -0.2) is 64.2 Å². The molecule has 5 rings (SSSR count). The van der Waals surface area contributed by atoms with Crippen molar-refractivity contribution in [2.75, 3.05) is 36.5 Å². The fourth-order valence-electron chi connectivity index (χ4n) is 6.25. The van der Waals surface area contributed by atoms with Gasteiger partial charge < -0.3 is 10.6 Å². The average Bonchev–Trinajstić information content (AvgIpc) is 3.01. The molecule has 2 fully saturated rings. The fraction of sp³-hybridized carbons (Fsp3) is 0.406. The number of sulfone groups is 1. The lowest BCUT2D eigenvalue weighted by Gasteiger charge is -2.35. The van der Waals surface area contributed by atoms with Gasteiger partial charge in [0.05, 0.1) is 16.4 Å². The van der Waals surface area contributed by atoms with Gasteiger partial charge >= 0.3 is 0 Å². The predicted molar refractivity (Wildman–Crippen MR) is 171 cm³/mol. The molecule has 1 amide bonds. The summed E-state index contributed by atoms with van der Waals surface area (Å²) in [7, 11) is -6.81. The van der Waals surface area contributed by atoms with E-state index in [1.807, 2.05) is 12.1 Å². The number of amides is 1. The topological polar surface area (TPSA) is 113 Å². The van der Waals surface area contributed by atoms with Gasteiger partial charge in [0.1, 0.15) is 15.7 Å². The van der Waals surface area contributed by atoms with Crippen molar-refractivity contribution >= 4 is 43.1 Å². The van der Waals surface area contributed by atoms with Crippen LogP contribution in [0.4, 0.5) is 10.1 Å². The van der Waals surface area contributed by atoms with Crippen molar-refractivity contribution < 1.29 is 26.0 Å². The predicted octanol–water partition coefficient (Wildman–Crippen LogP) is 5.01. The van der Waals surface area contributed by atoms with Gasteiger partial charge in [-0.25, -0.2) is 21.2 Å². The number of halogens is 2. The molecule has 2 saturated heterocycles. The molecule has 2 aliphatic heterocycles. The molecule has 3 aromatic carbocycles. The van der Waals surface area contributed by atoms with Crippen molar-refractivity contribution in [3.63, 3.8) is 0 Å². The van der Waals surface area contributed by atoms with Gasteiger partial charge in [0.25, 0.3) is 0 Å². The first-order chi connectivity index (χ1) is 21.0. The molecule has 0 saturated carbocycles. The normalized spacial score (nSPS) is 20.2. The highest BCUT2D eigenvalue weighted by molar-refractivity contribution is 7.91. The van der Waals surface area contributed by atoms with Crippen LogP contribution in [-0.2, 0) is 31.1 Å². The van der Waals surface area contributed by atoms with Crippen LogP contribution in [0.1, 0.15) is 42.7 Å². The van der Waals surface area contributed by atoms with Crippen LogP contribution in [0.5, 0.6) is 0 Å². The Morgan fingerprint density at radius 2 is 1.73 bits per heavy atom. The second-order valence-corrected chi connectivity index (χ2v) is 16.1. The minimum Gasteiger partial charge on any atom is -0.326 e. The van der Waals surface area contributed by atoms with Gasteiger partial charge in [0.15, 0.2) is 0 Å². The van der Waals surface area contributed by atoms with Crippen LogP contribution in [0.3, 0.4) is 0 Å². The van der Waals surface area contributed by atoms with Gasteiger partial charge in [0, 0.05) is 48.4 Å². The Hall–Kier alpha value is -2.83. The first-order valence-electron chi connectivity index (χ1n) is 14.8. The molecule has 0 unspecified atom stereocenters. The Morgan fingerprint density at radius 1 is 1.02 bits per heavy atom. The second-order valence-electron chi connectivity index (χ2n) is 11.5. The van der Waals surface area contributed by atoms with E-state index < -0.39 is 31.7 Å². The van der Waals surface area contributed by atoms with Crippen LogP contribution < -0.4 is 10.6 Å². The first kappa shape index (κ1) is 32.6. The van der Waals surface area contributed by atoms with E-state index in [9.17, 15) is 21.6 Å². The number of carbonyl (C=O) groups is 1. The van der Waals surface area contributed by atoms with E-state index in [2.05, 4.69) is 10.6 Å². The maximum Gasteiger partial charge on any atom is 0.243 e. The molecular formula is C32H37ClFN3O5S2. The summed E-state index contributed by atoms with van der Waals surface area (Å²) in [5.41, 5.74) is 1.56. The number of benzene rings is 3. The van der Waals surface area contributed by atoms with Crippen LogP contribution >= 0.6 is 11.6 Å². The van der Waals surface area contributed by atoms with Crippen molar-refractivity contribution in [1.29, 1.82) is 0 Å². The van der Waals surface area contributed by atoms with Crippen LogP contribution in [0.25, 0.3) is 0 Å². The lowest BCUT2D eigenvalue weighted by Crippen LogP contribution is -2.53. The molecule has 2 N–H and O–H groups in total. The third-order valence-electron chi connectivity index (χ3n) is 8.64. The molecule has 0 aromatic heterocycles. The zero-order chi connectivity index (χ0) is 31.3. The zero-order valence-electron chi connectivity index (χ0n) is 24.3. The molecule has 0 aliphatic carbocycles. The number of anilines is 1. The van der Waals surface area contributed by atoms with Gasteiger partial charge in [-0.3, -0.25) is 4.79 Å². The van der Waals surface area contributed by atoms with E-state index in [-0.39, 0.29) is 47.0 Å². The van der Waals surface area contributed by atoms with Gasteiger partial charge in [-0.15, -0.1) is 0 Å². The van der Waals surface area contributed by atoms with Crippen LogP contribution in [0, 0.1) is 11.7 Å². The maximum absolute atomic E-state index is 15.2. The lowest BCUT2D eigenvalue weighted by molar-refractivity contribution is -0.116. The average molecular weight is 662 g/mol. The summed E-state index contributed by atoms with van der Waals surface area (Å²) >= 11 is 6.10. The number of sulfonamides is 1. The smallest absolute Gasteiger partial charge is 0.243 e. The largest absolute Gasteiger partial charge is 0.326 e. The number of nitrogens with zero attached hydrogens (tertiary/aromatic N) is 1. The molecule has 8 nitrogen and oxygen atoms in total. The molecule has 44 heavy (non-hydrogen) atoms. The maximum atomic E-state index is 15.2. The highest BCUT2D eigenvalue weighted by Crippen LogP contribution is 2.37. The van der Waals surface area contributed by atoms with Crippen molar-refractivity contribution in [3.8, 4) is 0 Å². The van der Waals surface area contributed by atoms with Gasteiger partial charge in [0.2, 0.25) is 15.9 Å². The molecule has 0 spiro atoms. The molecule has 2 aliphatic rings. The van der Waals surface area contributed by atoms with Crippen molar-refractivity contribution in [2.45, 2.75) is 49.0 Å². The van der Waals surface area contributed by atoms with E-state index in [1.54, 1.807) is 48.5 Å². The van der Waals surface area contributed by atoms with Crippen LogP contribution in [0.2, 0.25) is 5.02 Å². The number of hydrogen-bond donors (Lipinski definition) is 2. The summed E-state index contributed by atoms with van der Waals surface area (Å²) < 4.78 is 67.7. The van der Waals surface area contributed by atoms with Crippen molar-refractivity contribution in [2.24, 2.45) is 5.92 Å². The molecule has 236 valence electrons. The highest BCUT2D eigenvalue weighted by Gasteiger charge is 2.34. The lowest BCUT2D eigenvalue weighted by atomic mass is 9.80. The van der Waals surface area contributed by atoms with E-state index in [4.69, 9.17) is 11.6 Å². The SMILES string of the molecule is O=C(C[C@@H](c1ccc(Cl)cc1)C1CCS(=O)(=O)CC1)Nc1cccc(F)c1CC[C@H]1CNCCN1S(=O)(=O)c1ccccc1. The van der Waals surface area contributed by atoms with E-state index in [1.165, 1.54) is 16.4 Å². The van der Waals surface area contributed by atoms with Gasteiger partial charge in [-0.2, -0.15) is 4.31 Å². The Kier molecular flexibility index (Phi) is 10.4. The first-order valence-corrected chi connectivity index (χ1v) is 18.5. The van der Waals surface area contributed by atoms with Crippen molar-refractivity contribution in [1.82, 2.24) is 9.62 Å². The van der Waals surface area contributed by atoms with Gasteiger partial charge in [-0.1, -0.05) is 48.0 Å². The summed E-state index contributed by atoms with van der Waals surface area (Å²) in [6.45, 7) is 1.25. The standard InChI is InChI=1S/C32H37ClFN3O5S2/c33-25-11-9-23(10-12-25)29(24-15-19-43(39,40)20-16-24)21-32(38)36-31-8-4-7-30(34)28(31)14-13-26-22-35-17-18-37(26)44(41,42)27-5-2-1-3-6-27/h1-12,24,26,29,35H,13-22H2,(H,36,38)/t26-,29-/m0/s1. The summed E-state index contributed by atoms with van der Waals surface area (Å²) in [6.07, 6.45) is 1.60. The number of nitrogens with one attached hydrogen (secondary N) is 2. The Labute approximate surface area is 264 Å². The van der Waals surface area contributed by atoms with Crippen molar-refractivity contribution in [3.05, 3.63) is 94.8 Å². The minimum absolute atomic E-state index is 0.00576. The second kappa shape index (κ2) is 14.1. The Balaban J connectivity index is 1.31. The summed E-state index contributed by atoms with van der Waals surface area (Å²) in [5, 5.41) is 6.72. The monoisotopic (exact) mass is 661 g/mol. The molecule has 2 atom stereocenters. The zero-order valence-corrected chi connectivity index (χ0v) is 26.7. The third kappa shape index (κ3) is 7.87. The molecule has 3 aromatic rings. The Morgan fingerprint density at radius 3 is 2.43 bits per heavy atom. The molecule has 0 radical (unpaired) electrons. The highest BCUT2D eigenvalue weighted by atomic mass is 35.5. The number of rotatable bonds is 10. The van der Waals surface area contributed by atoms with E-state index >= 15 is 4.39 Å². The minimum atomic E-state index is -3.73. The summed E-state index contributed by atoms with van der Waals surface area (Å²) in [5.74, 6) is -0.846. The summed E-state index contributed by atoms with van der Waals surface area (Å²) in [6, 6.07) is 19.7. The van der Waals surface area contributed by atoms with Gasteiger partial charge in [-0.05, 0) is 79.5 Å². The molecule has 12 heteroatoms. The third-order valence-corrected chi connectivity index (χ3v) is 12.6. The number of hydrogen-bond acceptors (Lipinski definition) is 6. The molecule has 2 heterocycles. The number of piperazine rings is 1. The van der Waals surface area contributed by atoms with E-state index in [0.717, 1.165) is 5.56 Å². The summed E-state index contributed by atoms with van der Waals surface area (Å²) in [4.78, 5) is 13.7. The van der Waals surface area contributed by atoms with Crippen LogP contribution in [0.15, 0.2) is 77.7 Å².